The van der Waals surface area contributed by atoms with Crippen LogP contribution in [0.1, 0.15) is 29.8 Å². The number of hydrogen-bond acceptors (Lipinski definition) is 5. The number of hydrogen-bond donors (Lipinski definition) is 1. The van der Waals surface area contributed by atoms with Gasteiger partial charge in [-0.1, -0.05) is 24.3 Å². The number of carbonyl (C=O) groups excluding carboxylic acids is 3. The number of nitrogens with one attached hydrogen (secondary N) is 1. The average molecular weight is 355 g/mol. The van der Waals surface area contributed by atoms with Gasteiger partial charge in [-0.25, -0.2) is 4.79 Å². The zero-order chi connectivity index (χ0) is 19.1. The van der Waals surface area contributed by atoms with Crippen molar-refractivity contribution < 1.29 is 23.9 Å². The number of benzene rings is 2. The monoisotopic (exact) mass is 355 g/mol. The van der Waals surface area contributed by atoms with Crippen molar-refractivity contribution in [2.75, 3.05) is 11.9 Å². The van der Waals surface area contributed by atoms with Gasteiger partial charge in [0.1, 0.15) is 5.75 Å². The van der Waals surface area contributed by atoms with Crippen LogP contribution in [0.25, 0.3) is 0 Å². The highest BCUT2D eigenvalue weighted by molar-refractivity contribution is 5.98. The van der Waals surface area contributed by atoms with Gasteiger partial charge in [0, 0.05) is 11.3 Å². The van der Waals surface area contributed by atoms with Gasteiger partial charge in [-0.2, -0.15) is 0 Å². The normalized spacial score (nSPS) is 11.3. The third-order valence-electron chi connectivity index (χ3n) is 3.56. The van der Waals surface area contributed by atoms with Crippen LogP contribution >= 0.6 is 0 Å². The van der Waals surface area contributed by atoms with Gasteiger partial charge in [-0.15, -0.1) is 0 Å². The van der Waals surface area contributed by atoms with E-state index in [2.05, 4.69) is 5.32 Å². The van der Waals surface area contributed by atoms with Crippen molar-refractivity contribution in [2.45, 2.75) is 26.9 Å². The van der Waals surface area contributed by atoms with E-state index < -0.39 is 18.0 Å². The van der Waals surface area contributed by atoms with Gasteiger partial charge in [0.05, 0.1) is 0 Å². The van der Waals surface area contributed by atoms with E-state index in [-0.39, 0.29) is 12.4 Å². The summed E-state index contributed by atoms with van der Waals surface area (Å²) in [5.41, 5.74) is 1.96. The summed E-state index contributed by atoms with van der Waals surface area (Å²) >= 11 is 0. The molecule has 0 fully saturated rings. The van der Waals surface area contributed by atoms with Crippen molar-refractivity contribution in [1.82, 2.24) is 0 Å². The number of carbonyl (C=O) groups is 3. The smallest absolute Gasteiger partial charge is 0.344 e. The Hall–Kier alpha value is -3.15. The Bertz CT molecular complexity index is 815. The van der Waals surface area contributed by atoms with Crippen LogP contribution < -0.4 is 10.1 Å². The molecule has 0 heterocycles. The lowest BCUT2D eigenvalue weighted by molar-refractivity contribution is -0.155. The van der Waals surface area contributed by atoms with Crippen LogP contribution in [0.5, 0.6) is 5.75 Å². The Morgan fingerprint density at radius 3 is 2.50 bits per heavy atom. The topological polar surface area (TPSA) is 81.7 Å². The second kappa shape index (κ2) is 8.80. The second-order valence-corrected chi connectivity index (χ2v) is 5.86. The fourth-order valence-electron chi connectivity index (χ4n) is 2.19. The number of ether oxygens (including phenoxy) is 2. The van der Waals surface area contributed by atoms with Crippen molar-refractivity contribution in [2.24, 2.45) is 0 Å². The lowest BCUT2D eigenvalue weighted by Gasteiger charge is -2.14. The standard InChI is InChI=1S/C20H21NO5/c1-13-6-4-9-18(10-13)25-12-19(23)26-15(3)20(24)21-17-8-5-7-16(11-17)14(2)22/h4-11,15H,12H2,1-3H3,(H,21,24)/t15-/m1/s1. The molecule has 0 aliphatic carbocycles. The van der Waals surface area contributed by atoms with E-state index >= 15 is 0 Å². The Morgan fingerprint density at radius 2 is 1.81 bits per heavy atom. The van der Waals surface area contributed by atoms with Crippen LogP contribution in [0.4, 0.5) is 5.69 Å². The third kappa shape index (κ3) is 5.73. The first-order valence-corrected chi connectivity index (χ1v) is 8.16. The minimum Gasteiger partial charge on any atom is -0.482 e. The van der Waals surface area contributed by atoms with Crippen molar-refractivity contribution >= 4 is 23.3 Å². The quantitative estimate of drug-likeness (QED) is 0.609. The number of aryl methyl sites for hydroxylation is 1. The minimum absolute atomic E-state index is 0.103. The summed E-state index contributed by atoms with van der Waals surface area (Å²) in [6.07, 6.45) is -0.996. The Balaban J connectivity index is 1.85. The lowest BCUT2D eigenvalue weighted by Crippen LogP contribution is -2.31. The molecule has 2 aromatic rings. The van der Waals surface area contributed by atoms with Crippen LogP contribution in [0.3, 0.4) is 0 Å². The molecular weight excluding hydrogens is 334 g/mol. The van der Waals surface area contributed by atoms with E-state index in [1.165, 1.54) is 13.8 Å². The van der Waals surface area contributed by atoms with Crippen LogP contribution in [0.2, 0.25) is 0 Å². The Morgan fingerprint density at radius 1 is 1.08 bits per heavy atom. The molecule has 6 heteroatoms. The van der Waals surface area contributed by atoms with Gasteiger partial charge in [0.15, 0.2) is 18.5 Å². The zero-order valence-corrected chi connectivity index (χ0v) is 14.9. The number of rotatable bonds is 7. The molecule has 1 atom stereocenters. The fourth-order valence-corrected chi connectivity index (χ4v) is 2.19. The molecule has 0 spiro atoms. The fraction of sp³-hybridized carbons (Fsp3) is 0.250. The average Bonchev–Trinajstić information content (AvgIpc) is 2.60. The summed E-state index contributed by atoms with van der Waals surface area (Å²) in [4.78, 5) is 35.4. The van der Waals surface area contributed by atoms with Crippen molar-refractivity contribution in [3.8, 4) is 5.75 Å². The van der Waals surface area contributed by atoms with E-state index in [9.17, 15) is 14.4 Å². The van der Waals surface area contributed by atoms with Gasteiger partial charge < -0.3 is 14.8 Å². The molecule has 0 unspecified atom stereocenters. The van der Waals surface area contributed by atoms with E-state index in [1.54, 1.807) is 36.4 Å². The van der Waals surface area contributed by atoms with Crippen molar-refractivity contribution in [3.05, 3.63) is 59.7 Å². The molecular formula is C20H21NO5. The molecule has 0 bridgehead atoms. The SMILES string of the molecule is CC(=O)c1cccc(NC(=O)[C@@H](C)OC(=O)COc2cccc(C)c2)c1. The first kappa shape index (κ1) is 19.2. The van der Waals surface area contributed by atoms with Gasteiger partial charge in [-0.05, 0) is 50.6 Å². The van der Waals surface area contributed by atoms with Crippen LogP contribution in [-0.2, 0) is 14.3 Å². The maximum atomic E-state index is 12.1. The summed E-state index contributed by atoms with van der Waals surface area (Å²) < 4.78 is 10.4. The molecule has 2 rings (SSSR count). The molecule has 2 aromatic carbocycles. The van der Waals surface area contributed by atoms with E-state index in [0.29, 0.717) is 17.0 Å². The first-order valence-electron chi connectivity index (χ1n) is 8.16. The van der Waals surface area contributed by atoms with E-state index in [0.717, 1.165) is 5.56 Å². The maximum absolute atomic E-state index is 12.1. The maximum Gasteiger partial charge on any atom is 0.344 e. The molecule has 26 heavy (non-hydrogen) atoms. The summed E-state index contributed by atoms with van der Waals surface area (Å²) in [6, 6.07) is 13.8. The highest BCUT2D eigenvalue weighted by atomic mass is 16.6. The Labute approximate surface area is 152 Å². The number of ketones is 1. The zero-order valence-electron chi connectivity index (χ0n) is 14.9. The highest BCUT2D eigenvalue weighted by Gasteiger charge is 2.18. The Kier molecular flexibility index (Phi) is 6.49. The summed E-state index contributed by atoms with van der Waals surface area (Å²) in [6.45, 7) is 4.54. The van der Waals surface area contributed by atoms with Crippen molar-refractivity contribution in [1.29, 1.82) is 0 Å². The van der Waals surface area contributed by atoms with Crippen LogP contribution in [-0.4, -0.2) is 30.4 Å². The summed E-state index contributed by atoms with van der Waals surface area (Å²) in [7, 11) is 0. The molecule has 0 aromatic heterocycles. The first-order chi connectivity index (χ1) is 12.3. The minimum atomic E-state index is -0.996. The molecule has 0 radical (unpaired) electrons. The predicted octanol–water partition coefficient (Wildman–Crippen LogP) is 3.15. The lowest BCUT2D eigenvalue weighted by atomic mass is 10.1. The molecule has 0 saturated heterocycles. The highest BCUT2D eigenvalue weighted by Crippen LogP contribution is 2.13. The van der Waals surface area contributed by atoms with Crippen LogP contribution in [0.15, 0.2) is 48.5 Å². The third-order valence-corrected chi connectivity index (χ3v) is 3.56. The van der Waals surface area contributed by atoms with Gasteiger partial charge in [0.2, 0.25) is 0 Å². The van der Waals surface area contributed by atoms with Gasteiger partial charge >= 0.3 is 5.97 Å². The molecule has 6 nitrogen and oxygen atoms in total. The molecule has 136 valence electrons. The van der Waals surface area contributed by atoms with Crippen LogP contribution in [0, 0.1) is 6.92 Å². The summed E-state index contributed by atoms with van der Waals surface area (Å²) in [5, 5.41) is 2.61. The molecule has 1 N–H and O–H groups in total. The number of amides is 1. The number of esters is 1. The number of Topliss-reactive ketones (excluding diaryl/α,β-unsaturated/α-hetero) is 1. The largest absolute Gasteiger partial charge is 0.482 e. The molecule has 0 aliphatic heterocycles. The molecule has 0 aliphatic rings. The van der Waals surface area contributed by atoms with E-state index in [1.807, 2.05) is 19.1 Å². The molecule has 0 saturated carbocycles. The van der Waals surface area contributed by atoms with Gasteiger partial charge in [-0.3, -0.25) is 9.59 Å². The number of anilines is 1. The second-order valence-electron chi connectivity index (χ2n) is 5.86. The van der Waals surface area contributed by atoms with E-state index in [4.69, 9.17) is 9.47 Å². The molecule has 1 amide bonds. The predicted molar refractivity (Wildman–Crippen MR) is 97.3 cm³/mol. The summed E-state index contributed by atoms with van der Waals surface area (Å²) in [5.74, 6) is -0.685. The van der Waals surface area contributed by atoms with Gasteiger partial charge in [0.25, 0.3) is 5.91 Å². The van der Waals surface area contributed by atoms with Crippen molar-refractivity contribution in [3.63, 3.8) is 0 Å².